The van der Waals surface area contributed by atoms with Gasteiger partial charge in [0.1, 0.15) is 10.7 Å². The van der Waals surface area contributed by atoms with Gasteiger partial charge in [0, 0.05) is 30.3 Å². The van der Waals surface area contributed by atoms with Gasteiger partial charge < -0.3 is 14.8 Å². The fourth-order valence-corrected chi connectivity index (χ4v) is 3.00. The van der Waals surface area contributed by atoms with E-state index < -0.39 is 0 Å². The number of carbonyl (C=O) groups is 1. The van der Waals surface area contributed by atoms with E-state index in [4.69, 9.17) is 9.47 Å². The zero-order valence-corrected chi connectivity index (χ0v) is 13.0. The number of rotatable bonds is 3. The molecule has 4 rings (SSSR count). The number of hydrogen-bond acceptors (Lipinski definition) is 6. The van der Waals surface area contributed by atoms with Crippen LogP contribution < -0.4 is 14.8 Å². The zero-order chi connectivity index (χ0) is 15.8. The van der Waals surface area contributed by atoms with Crippen LogP contribution in [-0.4, -0.2) is 27.5 Å². The molecule has 0 radical (unpaired) electrons. The first kappa shape index (κ1) is 13.8. The number of carbonyl (C=O) groups excluding carboxylic acids is 1. The summed E-state index contributed by atoms with van der Waals surface area (Å²) in [6.45, 7) is 0.231. The van der Waals surface area contributed by atoms with Gasteiger partial charge in [0.15, 0.2) is 17.3 Å². The summed E-state index contributed by atoms with van der Waals surface area (Å²) in [6, 6.07) is 7.32. The normalized spacial score (nSPS) is 12.4. The van der Waals surface area contributed by atoms with Crippen LogP contribution in [-0.2, 0) is 7.05 Å². The van der Waals surface area contributed by atoms with Crippen LogP contribution in [0.3, 0.4) is 0 Å². The third-order valence-corrected chi connectivity index (χ3v) is 4.20. The Morgan fingerprint density at radius 3 is 3.00 bits per heavy atom. The summed E-state index contributed by atoms with van der Waals surface area (Å²) in [5, 5.41) is 9.29. The number of nitrogens with zero attached hydrogens (tertiary/aromatic N) is 3. The minimum absolute atomic E-state index is 0.231. The van der Waals surface area contributed by atoms with Gasteiger partial charge in [-0.25, -0.2) is 4.98 Å². The molecule has 116 valence electrons. The number of hydrogen-bond donors (Lipinski definition) is 1. The summed E-state index contributed by atoms with van der Waals surface area (Å²) < 4.78 is 12.3. The zero-order valence-electron chi connectivity index (χ0n) is 12.1. The lowest BCUT2D eigenvalue weighted by molar-refractivity contribution is 0.102. The molecule has 0 saturated carbocycles. The summed E-state index contributed by atoms with van der Waals surface area (Å²) in [7, 11) is 1.79. The number of nitrogens with one attached hydrogen (secondary N) is 1. The molecule has 23 heavy (non-hydrogen) atoms. The Balaban J connectivity index is 1.55. The Kier molecular flexibility index (Phi) is 3.23. The van der Waals surface area contributed by atoms with Gasteiger partial charge in [0.05, 0.1) is 0 Å². The van der Waals surface area contributed by atoms with E-state index in [-0.39, 0.29) is 12.7 Å². The van der Waals surface area contributed by atoms with Crippen molar-refractivity contribution in [1.82, 2.24) is 14.8 Å². The van der Waals surface area contributed by atoms with Gasteiger partial charge in [-0.15, -0.1) is 11.3 Å². The van der Waals surface area contributed by atoms with Crippen LogP contribution in [0, 0.1) is 0 Å². The lowest BCUT2D eigenvalue weighted by atomic mass is 10.2. The first-order chi connectivity index (χ1) is 11.2. The molecule has 1 aliphatic heterocycles. The number of amides is 1. The van der Waals surface area contributed by atoms with E-state index in [2.05, 4.69) is 15.4 Å². The number of aromatic nitrogens is 3. The molecule has 1 N–H and O–H groups in total. The molecular formula is C15H12N4O3S. The molecule has 2 aromatic heterocycles. The SMILES string of the molecule is Cn1ccc(NC(=O)c2csc(-c3ccc4c(c3)OCO4)n2)n1. The molecule has 1 aromatic carbocycles. The van der Waals surface area contributed by atoms with Crippen LogP contribution in [0.15, 0.2) is 35.8 Å². The Labute approximate surface area is 135 Å². The van der Waals surface area contributed by atoms with Gasteiger partial charge >= 0.3 is 0 Å². The Hall–Kier alpha value is -2.87. The van der Waals surface area contributed by atoms with Crippen molar-refractivity contribution in [1.29, 1.82) is 0 Å². The number of benzene rings is 1. The molecule has 8 heteroatoms. The fourth-order valence-electron chi connectivity index (χ4n) is 2.20. The molecule has 3 aromatic rings. The van der Waals surface area contributed by atoms with Gasteiger partial charge in [0.25, 0.3) is 5.91 Å². The van der Waals surface area contributed by atoms with E-state index in [1.54, 1.807) is 29.4 Å². The van der Waals surface area contributed by atoms with Crippen molar-refractivity contribution in [3.63, 3.8) is 0 Å². The van der Waals surface area contributed by atoms with E-state index >= 15 is 0 Å². The topological polar surface area (TPSA) is 78.3 Å². The second-order valence-corrected chi connectivity index (χ2v) is 5.79. The van der Waals surface area contributed by atoms with Crippen LogP contribution in [0.1, 0.15) is 10.5 Å². The van der Waals surface area contributed by atoms with Crippen molar-refractivity contribution in [3.8, 4) is 22.1 Å². The van der Waals surface area contributed by atoms with E-state index in [0.717, 1.165) is 16.3 Å². The Bertz CT molecular complexity index is 886. The van der Waals surface area contributed by atoms with Gasteiger partial charge in [0.2, 0.25) is 6.79 Å². The first-order valence-electron chi connectivity index (χ1n) is 6.85. The van der Waals surface area contributed by atoms with Crippen LogP contribution in [0.25, 0.3) is 10.6 Å². The highest BCUT2D eigenvalue weighted by molar-refractivity contribution is 7.13. The summed E-state index contributed by atoms with van der Waals surface area (Å²) in [4.78, 5) is 16.6. The predicted molar refractivity (Wildman–Crippen MR) is 84.8 cm³/mol. The minimum atomic E-state index is -0.285. The number of fused-ring (bicyclic) bond motifs is 1. The van der Waals surface area contributed by atoms with Gasteiger partial charge in [-0.05, 0) is 18.2 Å². The van der Waals surface area contributed by atoms with Gasteiger partial charge in [-0.2, -0.15) is 5.10 Å². The second-order valence-electron chi connectivity index (χ2n) is 4.93. The molecule has 1 amide bonds. The quantitative estimate of drug-likeness (QED) is 0.799. The van der Waals surface area contributed by atoms with Crippen LogP contribution >= 0.6 is 11.3 Å². The van der Waals surface area contributed by atoms with E-state index in [1.807, 2.05) is 18.2 Å². The Morgan fingerprint density at radius 2 is 2.17 bits per heavy atom. The van der Waals surface area contributed by atoms with E-state index in [9.17, 15) is 4.79 Å². The lowest BCUT2D eigenvalue weighted by Crippen LogP contribution is -2.12. The summed E-state index contributed by atoms with van der Waals surface area (Å²) in [5.74, 6) is 1.62. The molecule has 7 nitrogen and oxygen atoms in total. The highest BCUT2D eigenvalue weighted by Gasteiger charge is 2.17. The largest absolute Gasteiger partial charge is 0.454 e. The molecule has 0 saturated heterocycles. The van der Waals surface area contributed by atoms with Crippen molar-refractivity contribution < 1.29 is 14.3 Å². The molecule has 3 heterocycles. The highest BCUT2D eigenvalue weighted by Crippen LogP contribution is 2.36. The summed E-state index contributed by atoms with van der Waals surface area (Å²) in [5.41, 5.74) is 1.24. The van der Waals surface area contributed by atoms with E-state index in [0.29, 0.717) is 17.3 Å². The van der Waals surface area contributed by atoms with Crippen molar-refractivity contribution in [2.75, 3.05) is 12.1 Å². The molecule has 0 bridgehead atoms. The first-order valence-corrected chi connectivity index (χ1v) is 7.73. The number of aryl methyl sites for hydroxylation is 1. The molecule has 1 aliphatic rings. The number of anilines is 1. The second kappa shape index (κ2) is 5.40. The van der Waals surface area contributed by atoms with Crippen molar-refractivity contribution in [3.05, 3.63) is 41.5 Å². The third kappa shape index (κ3) is 2.64. The van der Waals surface area contributed by atoms with E-state index in [1.165, 1.54) is 11.3 Å². The monoisotopic (exact) mass is 328 g/mol. The Morgan fingerprint density at radius 1 is 1.30 bits per heavy atom. The van der Waals surface area contributed by atoms with Crippen LogP contribution in [0.5, 0.6) is 11.5 Å². The highest BCUT2D eigenvalue weighted by atomic mass is 32.1. The average molecular weight is 328 g/mol. The average Bonchev–Trinajstić information content (AvgIpc) is 3.26. The molecule has 0 aliphatic carbocycles. The van der Waals surface area contributed by atoms with Crippen molar-refractivity contribution in [2.24, 2.45) is 7.05 Å². The molecular weight excluding hydrogens is 316 g/mol. The van der Waals surface area contributed by atoms with Crippen molar-refractivity contribution in [2.45, 2.75) is 0 Å². The maximum atomic E-state index is 12.2. The van der Waals surface area contributed by atoms with Crippen LogP contribution in [0.2, 0.25) is 0 Å². The van der Waals surface area contributed by atoms with Crippen LogP contribution in [0.4, 0.5) is 5.82 Å². The van der Waals surface area contributed by atoms with Crippen molar-refractivity contribution >= 4 is 23.1 Å². The smallest absolute Gasteiger partial charge is 0.276 e. The standard InChI is InChI=1S/C15H12N4O3S/c1-19-5-4-13(18-19)17-14(20)10-7-23-15(16-10)9-2-3-11-12(6-9)22-8-21-11/h2-7H,8H2,1H3,(H,17,18,20). The minimum Gasteiger partial charge on any atom is -0.454 e. The predicted octanol–water partition coefficient (Wildman–Crippen LogP) is 2.52. The third-order valence-electron chi connectivity index (χ3n) is 3.31. The van der Waals surface area contributed by atoms with Gasteiger partial charge in [-0.3, -0.25) is 9.48 Å². The molecule has 0 spiro atoms. The number of ether oxygens (including phenoxy) is 2. The maximum absolute atomic E-state index is 12.2. The molecule has 0 unspecified atom stereocenters. The maximum Gasteiger partial charge on any atom is 0.276 e. The lowest BCUT2D eigenvalue weighted by Gasteiger charge is -2.00. The van der Waals surface area contributed by atoms with Gasteiger partial charge in [-0.1, -0.05) is 0 Å². The summed E-state index contributed by atoms with van der Waals surface area (Å²) in [6.07, 6.45) is 1.76. The number of thiazole rings is 1. The summed E-state index contributed by atoms with van der Waals surface area (Å²) >= 11 is 1.40. The molecule has 0 atom stereocenters. The fraction of sp³-hybridized carbons (Fsp3) is 0.133. The molecule has 0 fully saturated rings.